The van der Waals surface area contributed by atoms with Gasteiger partial charge in [-0.1, -0.05) is 6.92 Å². The molecule has 8 nitrogen and oxygen atoms in total. The summed E-state index contributed by atoms with van der Waals surface area (Å²) in [6, 6.07) is 0. The summed E-state index contributed by atoms with van der Waals surface area (Å²) >= 11 is 0. The van der Waals surface area contributed by atoms with Crippen molar-refractivity contribution in [3.05, 3.63) is 12.2 Å². The zero-order valence-corrected chi connectivity index (χ0v) is 16.6. The Kier molecular flexibility index (Phi) is 14.0. The van der Waals surface area contributed by atoms with E-state index < -0.39 is 0 Å². The maximum Gasteiger partial charge on any atom is 0.191 e. The lowest BCUT2D eigenvalue weighted by Gasteiger charge is -2.13. The van der Waals surface area contributed by atoms with Crippen LogP contribution in [0.2, 0.25) is 0 Å². The van der Waals surface area contributed by atoms with Crippen molar-refractivity contribution in [2.75, 3.05) is 47.1 Å². The fraction of sp³-hybridized carbons (Fsp3) is 0.786. The third-order valence-electron chi connectivity index (χ3n) is 3.03. The first-order chi connectivity index (χ1) is 10.8. The first-order valence-corrected chi connectivity index (χ1v) is 7.68. The van der Waals surface area contributed by atoms with Gasteiger partial charge in [0, 0.05) is 53.4 Å². The minimum absolute atomic E-state index is 0. The van der Waals surface area contributed by atoms with Gasteiger partial charge in [-0.3, -0.25) is 4.99 Å². The molecule has 0 spiro atoms. The van der Waals surface area contributed by atoms with Gasteiger partial charge in [0.2, 0.25) is 0 Å². The van der Waals surface area contributed by atoms with Gasteiger partial charge in [-0.15, -0.1) is 34.2 Å². The number of aryl methyl sites for hydroxylation is 1. The van der Waals surface area contributed by atoms with E-state index in [1.165, 1.54) is 0 Å². The number of hydrogen-bond donors (Lipinski definition) is 2. The molecule has 0 amide bonds. The van der Waals surface area contributed by atoms with E-state index in [2.05, 4.69) is 32.7 Å². The molecule has 0 aliphatic heterocycles. The minimum atomic E-state index is 0. The number of nitrogens with zero attached hydrogens (tertiary/aromatic N) is 4. The number of aliphatic imine (C=N–C) groups is 1. The van der Waals surface area contributed by atoms with Gasteiger partial charge in [-0.2, -0.15) is 0 Å². The lowest BCUT2D eigenvalue weighted by molar-refractivity contribution is 0.196. The summed E-state index contributed by atoms with van der Waals surface area (Å²) in [6.45, 7) is 6.44. The van der Waals surface area contributed by atoms with Crippen LogP contribution in [0.1, 0.15) is 19.2 Å². The molecule has 0 unspecified atom stereocenters. The van der Waals surface area contributed by atoms with Crippen LogP contribution >= 0.6 is 24.0 Å². The molecular formula is C14H29IN6O2. The Labute approximate surface area is 155 Å². The molecule has 0 bridgehead atoms. The average molecular weight is 440 g/mol. The zero-order valence-electron chi connectivity index (χ0n) is 14.2. The summed E-state index contributed by atoms with van der Waals surface area (Å²) in [5.74, 6) is 1.78. The highest BCUT2D eigenvalue weighted by Gasteiger charge is 2.02. The number of ether oxygens (including phenoxy) is 2. The van der Waals surface area contributed by atoms with Crippen molar-refractivity contribution in [2.45, 2.75) is 26.3 Å². The second-order valence-corrected chi connectivity index (χ2v) is 4.72. The molecule has 0 saturated heterocycles. The van der Waals surface area contributed by atoms with Crippen molar-refractivity contribution in [3.8, 4) is 0 Å². The van der Waals surface area contributed by atoms with Crippen LogP contribution in [0.25, 0.3) is 0 Å². The molecule has 1 rings (SSSR count). The number of methoxy groups -OCH3 is 2. The molecular weight excluding hydrogens is 411 g/mol. The van der Waals surface area contributed by atoms with Gasteiger partial charge in [0.05, 0.1) is 6.61 Å². The molecule has 0 aromatic carbocycles. The van der Waals surface area contributed by atoms with Crippen LogP contribution in [0.4, 0.5) is 0 Å². The summed E-state index contributed by atoms with van der Waals surface area (Å²) in [4.78, 5) is 4.51. The smallest absolute Gasteiger partial charge is 0.191 e. The fourth-order valence-corrected chi connectivity index (χ4v) is 1.88. The monoisotopic (exact) mass is 440 g/mol. The lowest BCUT2D eigenvalue weighted by atomic mass is 10.4. The summed E-state index contributed by atoms with van der Waals surface area (Å²) < 4.78 is 12.1. The summed E-state index contributed by atoms with van der Waals surface area (Å²) in [7, 11) is 3.38. The predicted octanol–water partition coefficient (Wildman–Crippen LogP) is 0.677. The van der Waals surface area contributed by atoms with E-state index in [9.17, 15) is 0 Å². The van der Waals surface area contributed by atoms with Gasteiger partial charge >= 0.3 is 0 Å². The highest BCUT2D eigenvalue weighted by Crippen LogP contribution is 1.94. The van der Waals surface area contributed by atoms with Crippen LogP contribution < -0.4 is 10.6 Å². The number of halogens is 1. The summed E-state index contributed by atoms with van der Waals surface area (Å²) in [5, 5.41) is 14.6. The molecule has 23 heavy (non-hydrogen) atoms. The third kappa shape index (κ3) is 9.72. The van der Waals surface area contributed by atoms with Gasteiger partial charge in [0.1, 0.15) is 12.2 Å². The van der Waals surface area contributed by atoms with Crippen LogP contribution in [-0.2, 0) is 22.4 Å². The molecule has 0 radical (unpaired) electrons. The first-order valence-electron chi connectivity index (χ1n) is 7.68. The first kappa shape index (κ1) is 22.1. The molecule has 1 aromatic heterocycles. The van der Waals surface area contributed by atoms with Crippen LogP contribution in [-0.4, -0.2) is 67.8 Å². The van der Waals surface area contributed by atoms with Crippen LogP contribution in [0.5, 0.6) is 0 Å². The molecule has 9 heteroatoms. The second kappa shape index (κ2) is 14.6. The molecule has 1 aromatic rings. The van der Waals surface area contributed by atoms with E-state index >= 15 is 0 Å². The van der Waals surface area contributed by atoms with E-state index in [1.54, 1.807) is 20.5 Å². The van der Waals surface area contributed by atoms with E-state index in [-0.39, 0.29) is 24.0 Å². The highest BCUT2D eigenvalue weighted by atomic mass is 127. The average Bonchev–Trinajstić information content (AvgIpc) is 2.98. The summed E-state index contributed by atoms with van der Waals surface area (Å²) in [6.07, 6.45) is 3.54. The molecule has 0 atom stereocenters. The van der Waals surface area contributed by atoms with Crippen molar-refractivity contribution in [1.29, 1.82) is 0 Å². The van der Waals surface area contributed by atoms with Crippen LogP contribution in [0, 0.1) is 0 Å². The Morgan fingerprint density at radius 3 is 2.65 bits per heavy atom. The van der Waals surface area contributed by atoms with Crippen molar-refractivity contribution in [3.63, 3.8) is 0 Å². The molecule has 0 aliphatic carbocycles. The SMILES string of the molecule is CCc1nncn1CCNC(=NCCCOC)NCCOC.I. The number of aromatic nitrogens is 3. The van der Waals surface area contributed by atoms with E-state index in [0.717, 1.165) is 57.4 Å². The van der Waals surface area contributed by atoms with E-state index in [0.29, 0.717) is 6.61 Å². The molecule has 134 valence electrons. The van der Waals surface area contributed by atoms with Crippen molar-refractivity contribution in [1.82, 2.24) is 25.4 Å². The zero-order chi connectivity index (χ0) is 16.0. The maximum atomic E-state index is 5.04. The topological polar surface area (TPSA) is 85.6 Å². The van der Waals surface area contributed by atoms with Crippen molar-refractivity contribution in [2.24, 2.45) is 4.99 Å². The van der Waals surface area contributed by atoms with Gasteiger partial charge in [0.25, 0.3) is 0 Å². The van der Waals surface area contributed by atoms with E-state index in [4.69, 9.17) is 9.47 Å². The Balaban J connectivity index is 0.00000484. The predicted molar refractivity (Wildman–Crippen MR) is 101 cm³/mol. The quantitative estimate of drug-likeness (QED) is 0.228. The summed E-state index contributed by atoms with van der Waals surface area (Å²) in [5.41, 5.74) is 0. The number of guanidine groups is 1. The standard InChI is InChI=1S/C14H28N6O2.HI/c1-4-13-19-18-12-20(13)9-7-16-14(17-8-11-22-3)15-6-5-10-21-2;/h12H,4-11H2,1-3H3,(H2,15,16,17);1H. The largest absolute Gasteiger partial charge is 0.385 e. The number of nitrogens with one attached hydrogen (secondary N) is 2. The Morgan fingerprint density at radius 1 is 1.22 bits per heavy atom. The Morgan fingerprint density at radius 2 is 1.96 bits per heavy atom. The third-order valence-corrected chi connectivity index (χ3v) is 3.03. The van der Waals surface area contributed by atoms with Crippen LogP contribution in [0.3, 0.4) is 0 Å². The molecule has 0 aliphatic rings. The molecule has 0 fully saturated rings. The van der Waals surface area contributed by atoms with Crippen LogP contribution in [0.15, 0.2) is 11.3 Å². The maximum absolute atomic E-state index is 5.04. The van der Waals surface area contributed by atoms with Gasteiger partial charge in [0.15, 0.2) is 5.96 Å². The normalized spacial score (nSPS) is 11.2. The van der Waals surface area contributed by atoms with Gasteiger partial charge in [-0.05, 0) is 6.42 Å². The highest BCUT2D eigenvalue weighted by molar-refractivity contribution is 14.0. The molecule has 1 heterocycles. The van der Waals surface area contributed by atoms with Gasteiger partial charge in [-0.25, -0.2) is 0 Å². The van der Waals surface area contributed by atoms with Crippen molar-refractivity contribution >= 4 is 29.9 Å². The van der Waals surface area contributed by atoms with Gasteiger partial charge < -0.3 is 24.7 Å². The molecule has 2 N–H and O–H groups in total. The second-order valence-electron chi connectivity index (χ2n) is 4.72. The Hall–Kier alpha value is -0.940. The fourth-order valence-electron chi connectivity index (χ4n) is 1.88. The Bertz CT molecular complexity index is 427. The lowest BCUT2D eigenvalue weighted by Crippen LogP contribution is -2.40. The number of rotatable bonds is 11. The van der Waals surface area contributed by atoms with Crippen molar-refractivity contribution < 1.29 is 9.47 Å². The molecule has 0 saturated carbocycles. The van der Waals surface area contributed by atoms with E-state index in [1.807, 2.05) is 4.57 Å². The number of hydrogen-bond acceptors (Lipinski definition) is 5. The minimum Gasteiger partial charge on any atom is -0.385 e.